The Balaban J connectivity index is 2.84. The van der Waals surface area contributed by atoms with Crippen molar-refractivity contribution in [3.63, 3.8) is 0 Å². The van der Waals surface area contributed by atoms with Crippen molar-refractivity contribution in [3.05, 3.63) is 0 Å². The Morgan fingerprint density at radius 2 is 2.17 bits per heavy atom. The van der Waals surface area contributed by atoms with E-state index in [4.69, 9.17) is 9.84 Å². The fourth-order valence-corrected chi connectivity index (χ4v) is 1.90. The molecule has 6 unspecified atom stereocenters. The van der Waals surface area contributed by atoms with Crippen molar-refractivity contribution in [3.8, 4) is 0 Å². The number of hydrogen-bond acceptors (Lipinski definition) is 8. The van der Waals surface area contributed by atoms with Crippen LogP contribution < -0.4 is 0 Å². The third kappa shape index (κ3) is 3.16. The number of carbonyl (C=O) groups is 1. The van der Waals surface area contributed by atoms with Gasteiger partial charge in [0.2, 0.25) is 0 Å². The molecule has 6 atom stereocenters. The number of carbonyl (C=O) groups excluding carboxylic acids is 1. The Labute approximate surface area is 103 Å². The van der Waals surface area contributed by atoms with E-state index in [0.717, 1.165) is 0 Å². The largest absolute Gasteiger partial charge is 0.410 e. The van der Waals surface area contributed by atoms with E-state index in [-0.39, 0.29) is 12.9 Å². The molecular weight excluding hydrogens is 248 g/mol. The fourth-order valence-electron chi connectivity index (χ4n) is 1.90. The zero-order valence-electron chi connectivity index (χ0n) is 9.84. The van der Waals surface area contributed by atoms with Crippen molar-refractivity contribution >= 4 is 6.47 Å². The number of aliphatic hydroxyl groups is 5. The smallest absolute Gasteiger partial charge is 0.329 e. The van der Waals surface area contributed by atoms with Crippen LogP contribution in [-0.2, 0) is 14.3 Å². The molecule has 8 nitrogen and oxygen atoms in total. The van der Waals surface area contributed by atoms with Gasteiger partial charge in [0.25, 0.3) is 6.47 Å². The van der Waals surface area contributed by atoms with Crippen LogP contribution in [0.5, 0.6) is 0 Å². The van der Waals surface area contributed by atoms with E-state index in [1.54, 1.807) is 0 Å². The lowest BCUT2D eigenvalue weighted by Gasteiger charge is -2.43. The monoisotopic (exact) mass is 266 g/mol. The molecule has 0 saturated carbocycles. The standard InChI is InChI=1S/C10H18O8/c1-5-6(13)2-10(16,17-4-12)18-9(5)8(15)7(14)3-11/h4-9,11,13-16H,2-3H2,1H3. The minimum atomic E-state index is -2.35. The van der Waals surface area contributed by atoms with Gasteiger partial charge in [-0.15, -0.1) is 0 Å². The average molecular weight is 266 g/mol. The summed E-state index contributed by atoms with van der Waals surface area (Å²) in [4.78, 5) is 10.2. The van der Waals surface area contributed by atoms with Gasteiger partial charge < -0.3 is 35.0 Å². The van der Waals surface area contributed by atoms with Crippen LogP contribution in [0.1, 0.15) is 13.3 Å². The molecule has 1 aliphatic rings. The first kappa shape index (κ1) is 15.3. The summed E-state index contributed by atoms with van der Waals surface area (Å²) in [6.45, 7) is 0.772. The molecule has 5 N–H and O–H groups in total. The van der Waals surface area contributed by atoms with Crippen molar-refractivity contribution in [2.75, 3.05) is 6.61 Å². The van der Waals surface area contributed by atoms with E-state index in [2.05, 4.69) is 4.74 Å². The number of aliphatic hydroxyl groups excluding tert-OH is 4. The van der Waals surface area contributed by atoms with Gasteiger partial charge in [-0.05, 0) is 0 Å². The van der Waals surface area contributed by atoms with E-state index in [0.29, 0.717) is 0 Å². The quantitative estimate of drug-likeness (QED) is 0.268. The number of rotatable bonds is 5. The molecule has 8 heteroatoms. The van der Waals surface area contributed by atoms with E-state index < -0.39 is 42.9 Å². The SMILES string of the molecule is CC1C(O)CC(O)(OC=O)OC1C(O)C(O)CO. The number of hydrogen-bond donors (Lipinski definition) is 5. The molecule has 1 heterocycles. The van der Waals surface area contributed by atoms with Crippen LogP contribution in [0, 0.1) is 5.92 Å². The Bertz CT molecular complexity index is 285. The molecule has 0 spiro atoms. The second-order valence-electron chi connectivity index (χ2n) is 4.38. The Hall–Kier alpha value is -0.770. The van der Waals surface area contributed by atoms with E-state index >= 15 is 0 Å². The lowest BCUT2D eigenvalue weighted by molar-refractivity contribution is -0.398. The maximum absolute atomic E-state index is 10.2. The summed E-state index contributed by atoms with van der Waals surface area (Å²) in [5, 5.41) is 47.3. The maximum Gasteiger partial charge on any atom is 0.329 e. The molecule has 1 saturated heterocycles. The van der Waals surface area contributed by atoms with Crippen molar-refractivity contribution in [2.45, 2.75) is 43.7 Å². The van der Waals surface area contributed by atoms with Gasteiger partial charge in [-0.2, -0.15) is 0 Å². The average Bonchev–Trinajstić information content (AvgIpc) is 2.32. The van der Waals surface area contributed by atoms with Gasteiger partial charge in [0.15, 0.2) is 0 Å². The van der Waals surface area contributed by atoms with Crippen LogP contribution in [-0.4, -0.2) is 69.0 Å². The molecule has 1 rings (SSSR count). The predicted molar refractivity (Wildman–Crippen MR) is 55.9 cm³/mol. The van der Waals surface area contributed by atoms with Crippen LogP contribution in [0.4, 0.5) is 0 Å². The zero-order chi connectivity index (χ0) is 13.9. The second kappa shape index (κ2) is 5.91. The predicted octanol–water partition coefficient (Wildman–Crippen LogP) is -2.69. The molecule has 0 aromatic carbocycles. The minimum absolute atomic E-state index is 0.0470. The first-order chi connectivity index (χ1) is 8.34. The fraction of sp³-hybridized carbons (Fsp3) is 0.900. The Kier molecular flexibility index (Phi) is 5.02. The third-order valence-corrected chi connectivity index (χ3v) is 3.06. The summed E-state index contributed by atoms with van der Waals surface area (Å²) in [6, 6.07) is 0. The topological polar surface area (TPSA) is 137 Å². The van der Waals surface area contributed by atoms with E-state index in [9.17, 15) is 25.2 Å². The highest BCUT2D eigenvalue weighted by atomic mass is 16.8. The van der Waals surface area contributed by atoms with Gasteiger partial charge in [-0.3, -0.25) is 4.79 Å². The second-order valence-corrected chi connectivity index (χ2v) is 4.38. The van der Waals surface area contributed by atoms with Crippen LogP contribution in [0.2, 0.25) is 0 Å². The highest BCUT2D eigenvalue weighted by molar-refractivity contribution is 5.37. The lowest BCUT2D eigenvalue weighted by Crippen LogP contribution is -2.58. The van der Waals surface area contributed by atoms with Crippen LogP contribution >= 0.6 is 0 Å². The van der Waals surface area contributed by atoms with Gasteiger partial charge in [0.05, 0.1) is 25.2 Å². The molecule has 106 valence electrons. The molecule has 0 bridgehead atoms. The summed E-state index contributed by atoms with van der Waals surface area (Å²) >= 11 is 0. The molecule has 0 radical (unpaired) electrons. The van der Waals surface area contributed by atoms with Gasteiger partial charge >= 0.3 is 5.97 Å². The van der Waals surface area contributed by atoms with Crippen molar-refractivity contribution < 1.29 is 39.8 Å². The summed E-state index contributed by atoms with van der Waals surface area (Å²) in [5.41, 5.74) is 0. The third-order valence-electron chi connectivity index (χ3n) is 3.06. The van der Waals surface area contributed by atoms with Gasteiger partial charge in [0.1, 0.15) is 12.2 Å². The molecule has 1 fully saturated rings. The molecule has 18 heavy (non-hydrogen) atoms. The minimum Gasteiger partial charge on any atom is -0.410 e. The Morgan fingerprint density at radius 3 is 2.67 bits per heavy atom. The zero-order valence-corrected chi connectivity index (χ0v) is 9.84. The van der Waals surface area contributed by atoms with Gasteiger partial charge in [0, 0.05) is 5.92 Å². The molecule has 0 aliphatic carbocycles. The summed E-state index contributed by atoms with van der Waals surface area (Å²) < 4.78 is 9.32. The van der Waals surface area contributed by atoms with Crippen molar-refractivity contribution in [1.82, 2.24) is 0 Å². The summed E-state index contributed by atoms with van der Waals surface area (Å²) in [5.74, 6) is -2.98. The Morgan fingerprint density at radius 1 is 1.56 bits per heavy atom. The van der Waals surface area contributed by atoms with Gasteiger partial charge in [-0.1, -0.05) is 6.92 Å². The highest BCUT2D eigenvalue weighted by Crippen LogP contribution is 2.33. The van der Waals surface area contributed by atoms with Gasteiger partial charge in [-0.25, -0.2) is 0 Å². The van der Waals surface area contributed by atoms with E-state index in [1.807, 2.05) is 0 Å². The molecule has 1 aliphatic heterocycles. The van der Waals surface area contributed by atoms with Crippen LogP contribution in [0.15, 0.2) is 0 Å². The normalized spacial score (nSPS) is 40.0. The van der Waals surface area contributed by atoms with Crippen molar-refractivity contribution in [1.29, 1.82) is 0 Å². The number of ether oxygens (including phenoxy) is 2. The first-order valence-corrected chi connectivity index (χ1v) is 5.51. The molecule has 0 amide bonds. The lowest BCUT2D eigenvalue weighted by atomic mass is 9.87. The van der Waals surface area contributed by atoms with Crippen molar-refractivity contribution in [2.24, 2.45) is 5.92 Å². The van der Waals surface area contributed by atoms with Crippen LogP contribution in [0.3, 0.4) is 0 Å². The molecular formula is C10H18O8. The van der Waals surface area contributed by atoms with E-state index in [1.165, 1.54) is 6.92 Å². The van der Waals surface area contributed by atoms with Crippen LogP contribution in [0.25, 0.3) is 0 Å². The first-order valence-electron chi connectivity index (χ1n) is 5.51. The summed E-state index contributed by atoms with van der Waals surface area (Å²) in [7, 11) is 0. The molecule has 0 aromatic rings. The highest BCUT2D eigenvalue weighted by Gasteiger charge is 2.49. The maximum atomic E-state index is 10.2. The molecule has 0 aromatic heterocycles. The summed E-state index contributed by atoms with van der Waals surface area (Å²) in [6.07, 6.45) is -5.70.